The Kier molecular flexibility index (Phi) is 7.65. The van der Waals surface area contributed by atoms with Crippen molar-refractivity contribution in [1.82, 2.24) is 0 Å². The monoisotopic (exact) mass is 438 g/mol. The highest BCUT2D eigenvalue weighted by atomic mass is 19.4. The molecule has 0 heterocycles. The van der Waals surface area contributed by atoms with Gasteiger partial charge in [0.05, 0.1) is 26.2 Å². The molecular formula is C23H25F3O5. The minimum Gasteiger partial charge on any atom is -0.493 e. The van der Waals surface area contributed by atoms with E-state index in [0.29, 0.717) is 38.4 Å². The Morgan fingerprint density at radius 3 is 2.32 bits per heavy atom. The molecule has 0 radical (unpaired) electrons. The van der Waals surface area contributed by atoms with Gasteiger partial charge in [-0.25, -0.2) is 0 Å². The molecule has 0 saturated carbocycles. The topological polar surface area (TPSA) is 54.0 Å². The summed E-state index contributed by atoms with van der Waals surface area (Å²) in [5.41, 5.74) is 2.38. The van der Waals surface area contributed by atoms with E-state index < -0.39 is 6.36 Å². The molecule has 0 spiro atoms. The van der Waals surface area contributed by atoms with Crippen LogP contribution < -0.4 is 14.2 Å². The first-order valence-corrected chi connectivity index (χ1v) is 10.2. The Morgan fingerprint density at radius 1 is 1.00 bits per heavy atom. The van der Waals surface area contributed by atoms with Gasteiger partial charge in [-0.2, -0.15) is 0 Å². The number of benzene rings is 2. The molecule has 0 fully saturated rings. The molecule has 0 amide bonds. The third kappa shape index (κ3) is 7.08. The number of ether oxygens (including phenoxy) is 4. The molecule has 0 bridgehead atoms. The second kappa shape index (κ2) is 10.4. The van der Waals surface area contributed by atoms with E-state index in [1.165, 1.54) is 35.4 Å². The fraction of sp³-hybridized carbons (Fsp3) is 0.435. The summed E-state index contributed by atoms with van der Waals surface area (Å²) in [6.07, 6.45) is -1.85. The number of carbonyl (C=O) groups is 1. The fourth-order valence-electron chi connectivity index (χ4n) is 3.58. The van der Waals surface area contributed by atoms with Crippen LogP contribution in [-0.4, -0.2) is 32.2 Å². The van der Waals surface area contributed by atoms with Crippen LogP contribution in [0.25, 0.3) is 0 Å². The maximum absolute atomic E-state index is 12.2. The first kappa shape index (κ1) is 22.8. The molecule has 31 heavy (non-hydrogen) atoms. The second-order valence-electron chi connectivity index (χ2n) is 7.18. The summed E-state index contributed by atoms with van der Waals surface area (Å²) in [5.74, 6) is 0.973. The second-order valence-corrected chi connectivity index (χ2v) is 7.18. The predicted molar refractivity (Wildman–Crippen MR) is 107 cm³/mol. The zero-order chi connectivity index (χ0) is 22.3. The summed E-state index contributed by atoms with van der Waals surface area (Å²) in [4.78, 5) is 11.7. The summed E-state index contributed by atoms with van der Waals surface area (Å²) in [6, 6.07) is 11.2. The van der Waals surface area contributed by atoms with Gasteiger partial charge in [0.2, 0.25) is 0 Å². The highest BCUT2D eigenvalue weighted by Crippen LogP contribution is 2.37. The molecule has 2 aromatic rings. The predicted octanol–water partition coefficient (Wildman–Crippen LogP) is 5.42. The molecule has 0 N–H and O–H groups in total. The minimum atomic E-state index is -4.71. The van der Waals surface area contributed by atoms with Gasteiger partial charge < -0.3 is 18.9 Å². The number of halogens is 3. The normalized spacial score (nSPS) is 15.3. The molecule has 0 aromatic heterocycles. The minimum absolute atomic E-state index is 0.164. The first-order valence-electron chi connectivity index (χ1n) is 10.2. The molecule has 8 heteroatoms. The molecule has 0 unspecified atom stereocenters. The molecule has 0 saturated heterocycles. The molecule has 1 aliphatic carbocycles. The highest BCUT2D eigenvalue weighted by Gasteiger charge is 2.31. The molecule has 2 aromatic carbocycles. The number of carbonyl (C=O) groups excluding carboxylic acids is 1. The van der Waals surface area contributed by atoms with Gasteiger partial charge in [-0.05, 0) is 73.2 Å². The van der Waals surface area contributed by atoms with Crippen molar-refractivity contribution in [2.24, 2.45) is 0 Å². The van der Waals surface area contributed by atoms with E-state index in [9.17, 15) is 18.0 Å². The lowest BCUT2D eigenvalue weighted by molar-refractivity contribution is -0.274. The Morgan fingerprint density at radius 2 is 1.65 bits per heavy atom. The van der Waals surface area contributed by atoms with Crippen molar-refractivity contribution in [3.63, 3.8) is 0 Å². The van der Waals surface area contributed by atoms with Crippen LogP contribution in [0.3, 0.4) is 0 Å². The van der Waals surface area contributed by atoms with Gasteiger partial charge in [-0.1, -0.05) is 6.07 Å². The van der Waals surface area contributed by atoms with Gasteiger partial charge in [-0.3, -0.25) is 4.79 Å². The van der Waals surface area contributed by atoms with Crippen molar-refractivity contribution in [2.75, 3.05) is 19.8 Å². The standard InChI is InChI=1S/C23H25F3O5/c1-2-28-22(27)15-17-5-4-16-14-20(10-11-21(16)17)30-13-3-12-29-18-6-8-19(9-7-18)31-23(24,25)26/h6-11,14,17H,2-5,12-13,15H2,1H3/t17-/m0/s1. The van der Waals surface area contributed by atoms with Gasteiger partial charge in [0, 0.05) is 6.42 Å². The largest absolute Gasteiger partial charge is 0.573 e. The van der Waals surface area contributed by atoms with Crippen LogP contribution in [0, 0.1) is 0 Å². The summed E-state index contributed by atoms with van der Waals surface area (Å²) in [7, 11) is 0. The van der Waals surface area contributed by atoms with Crippen LogP contribution in [0.2, 0.25) is 0 Å². The number of hydrogen-bond acceptors (Lipinski definition) is 5. The summed E-state index contributed by atoms with van der Waals surface area (Å²) < 4.78 is 56.6. The quantitative estimate of drug-likeness (QED) is 0.366. The molecule has 1 atom stereocenters. The van der Waals surface area contributed by atoms with Crippen LogP contribution in [-0.2, 0) is 16.0 Å². The maximum atomic E-state index is 12.2. The molecule has 5 nitrogen and oxygen atoms in total. The van der Waals surface area contributed by atoms with Crippen molar-refractivity contribution in [3.05, 3.63) is 53.6 Å². The van der Waals surface area contributed by atoms with E-state index in [1.54, 1.807) is 6.92 Å². The first-order chi connectivity index (χ1) is 14.8. The van der Waals surface area contributed by atoms with E-state index in [2.05, 4.69) is 4.74 Å². The number of alkyl halides is 3. The maximum Gasteiger partial charge on any atom is 0.573 e. The Hall–Kier alpha value is -2.90. The number of hydrogen-bond donors (Lipinski definition) is 0. The number of aryl methyl sites for hydroxylation is 1. The van der Waals surface area contributed by atoms with Crippen molar-refractivity contribution < 1.29 is 36.9 Å². The lowest BCUT2D eigenvalue weighted by atomic mass is 9.98. The molecule has 1 aliphatic rings. The van der Waals surface area contributed by atoms with Crippen LogP contribution >= 0.6 is 0 Å². The highest BCUT2D eigenvalue weighted by molar-refractivity contribution is 5.71. The Balaban J connectivity index is 1.39. The zero-order valence-electron chi connectivity index (χ0n) is 17.2. The third-order valence-corrected chi connectivity index (χ3v) is 4.92. The van der Waals surface area contributed by atoms with Crippen molar-refractivity contribution in [2.45, 2.75) is 44.9 Å². The van der Waals surface area contributed by atoms with Crippen LogP contribution in [0.1, 0.15) is 43.2 Å². The Bertz CT molecular complexity index is 865. The lowest BCUT2D eigenvalue weighted by Crippen LogP contribution is -2.17. The zero-order valence-corrected chi connectivity index (χ0v) is 17.2. The third-order valence-electron chi connectivity index (χ3n) is 4.92. The van der Waals surface area contributed by atoms with Gasteiger partial charge in [-0.15, -0.1) is 13.2 Å². The van der Waals surface area contributed by atoms with E-state index in [-0.39, 0.29) is 17.6 Å². The van der Waals surface area contributed by atoms with Crippen molar-refractivity contribution >= 4 is 5.97 Å². The van der Waals surface area contributed by atoms with Crippen molar-refractivity contribution in [3.8, 4) is 17.2 Å². The SMILES string of the molecule is CCOC(=O)C[C@@H]1CCc2cc(OCCCOc3ccc(OC(F)(F)F)cc3)ccc21. The summed E-state index contributed by atoms with van der Waals surface area (Å²) in [5, 5.41) is 0. The average Bonchev–Trinajstić information content (AvgIpc) is 3.10. The fourth-order valence-corrected chi connectivity index (χ4v) is 3.58. The van der Waals surface area contributed by atoms with Gasteiger partial charge >= 0.3 is 12.3 Å². The smallest absolute Gasteiger partial charge is 0.493 e. The van der Waals surface area contributed by atoms with E-state index in [4.69, 9.17) is 14.2 Å². The van der Waals surface area contributed by atoms with Crippen LogP contribution in [0.5, 0.6) is 17.2 Å². The summed E-state index contributed by atoms with van der Waals surface area (Å²) in [6.45, 7) is 3.01. The molecule has 3 rings (SSSR count). The van der Waals surface area contributed by atoms with E-state index >= 15 is 0 Å². The number of esters is 1. The summed E-state index contributed by atoms with van der Waals surface area (Å²) >= 11 is 0. The van der Waals surface area contributed by atoms with Gasteiger partial charge in [0.15, 0.2) is 0 Å². The van der Waals surface area contributed by atoms with E-state index in [0.717, 1.165) is 18.6 Å². The van der Waals surface area contributed by atoms with Crippen LogP contribution in [0.15, 0.2) is 42.5 Å². The lowest BCUT2D eigenvalue weighted by Gasteiger charge is -2.12. The molecule has 0 aliphatic heterocycles. The van der Waals surface area contributed by atoms with Gasteiger partial charge in [0.25, 0.3) is 0 Å². The number of fused-ring (bicyclic) bond motifs is 1. The van der Waals surface area contributed by atoms with Crippen LogP contribution in [0.4, 0.5) is 13.2 Å². The average molecular weight is 438 g/mol. The Labute approximate surface area is 179 Å². The molecular weight excluding hydrogens is 413 g/mol. The van der Waals surface area contributed by atoms with E-state index in [1.807, 2.05) is 18.2 Å². The van der Waals surface area contributed by atoms with Crippen molar-refractivity contribution in [1.29, 1.82) is 0 Å². The van der Waals surface area contributed by atoms with Gasteiger partial charge in [0.1, 0.15) is 17.2 Å². The number of rotatable bonds is 10. The molecule has 168 valence electrons.